The van der Waals surface area contributed by atoms with Crippen LogP contribution in [0.25, 0.3) is 0 Å². The third kappa shape index (κ3) is 2.61. The van der Waals surface area contributed by atoms with Gasteiger partial charge in [-0.1, -0.05) is 11.6 Å². The second-order valence-corrected chi connectivity index (χ2v) is 4.65. The Morgan fingerprint density at radius 3 is 2.56 bits per heavy atom. The summed E-state index contributed by atoms with van der Waals surface area (Å²) in [5.41, 5.74) is -0.752. The Hall–Kier alpha value is -1.23. The van der Waals surface area contributed by atoms with Crippen LogP contribution in [0.4, 0.5) is 18.9 Å². The van der Waals surface area contributed by atoms with Gasteiger partial charge in [-0.2, -0.15) is 13.2 Å². The highest BCUT2D eigenvalue weighted by Crippen LogP contribution is 2.39. The van der Waals surface area contributed by atoms with Crippen molar-refractivity contribution in [1.29, 1.82) is 5.41 Å². The van der Waals surface area contributed by atoms with Gasteiger partial charge in [-0.3, -0.25) is 5.41 Å². The molecule has 2 nitrogen and oxygen atoms in total. The molecule has 1 saturated heterocycles. The number of benzene rings is 1. The summed E-state index contributed by atoms with van der Waals surface area (Å²) in [6, 6.07) is 3.68. The molecule has 0 aliphatic carbocycles. The van der Waals surface area contributed by atoms with Gasteiger partial charge in [-0.05, 0) is 31.0 Å². The monoisotopic (exact) mass is 276 g/mol. The standard InChI is InChI=1S/C12H12ClF3N2/c13-8-4-5-10(9(7-8)12(14,15)16)18-6-2-1-3-11(18)17/h4-5,7,17H,1-3,6H2. The minimum absolute atomic E-state index is 0.0246. The third-order valence-electron chi connectivity index (χ3n) is 2.93. The number of hydrogen-bond donors (Lipinski definition) is 1. The molecule has 0 bridgehead atoms. The molecular formula is C12H12ClF3N2. The number of alkyl halides is 3. The van der Waals surface area contributed by atoms with Crippen molar-refractivity contribution in [2.75, 3.05) is 11.4 Å². The SMILES string of the molecule is N=C1CCCCN1c1ccc(Cl)cc1C(F)(F)F. The van der Waals surface area contributed by atoms with Crippen molar-refractivity contribution in [2.24, 2.45) is 0 Å². The van der Waals surface area contributed by atoms with Gasteiger partial charge in [0.15, 0.2) is 0 Å². The highest BCUT2D eigenvalue weighted by atomic mass is 35.5. The second kappa shape index (κ2) is 4.80. The van der Waals surface area contributed by atoms with E-state index in [0.717, 1.165) is 18.9 Å². The van der Waals surface area contributed by atoms with E-state index >= 15 is 0 Å². The Labute approximate surface area is 108 Å². The van der Waals surface area contributed by atoms with Crippen molar-refractivity contribution < 1.29 is 13.2 Å². The van der Waals surface area contributed by atoms with Crippen molar-refractivity contribution in [3.05, 3.63) is 28.8 Å². The number of anilines is 1. The van der Waals surface area contributed by atoms with Gasteiger partial charge in [-0.15, -0.1) is 0 Å². The van der Waals surface area contributed by atoms with Crippen LogP contribution in [0.2, 0.25) is 5.02 Å². The van der Waals surface area contributed by atoms with E-state index in [4.69, 9.17) is 17.0 Å². The summed E-state index contributed by atoms with van der Waals surface area (Å²) in [4.78, 5) is 1.42. The van der Waals surface area contributed by atoms with Gasteiger partial charge in [0.25, 0.3) is 0 Å². The molecule has 1 aromatic carbocycles. The van der Waals surface area contributed by atoms with Crippen LogP contribution in [-0.4, -0.2) is 12.4 Å². The van der Waals surface area contributed by atoms with E-state index < -0.39 is 11.7 Å². The minimum Gasteiger partial charge on any atom is -0.330 e. The van der Waals surface area contributed by atoms with Crippen LogP contribution in [0.3, 0.4) is 0 Å². The van der Waals surface area contributed by atoms with Crippen molar-refractivity contribution in [3.63, 3.8) is 0 Å². The Kier molecular flexibility index (Phi) is 3.52. The van der Waals surface area contributed by atoms with Gasteiger partial charge in [0.1, 0.15) is 5.84 Å². The maximum absolute atomic E-state index is 13.0. The average Bonchev–Trinajstić information content (AvgIpc) is 2.29. The fourth-order valence-electron chi connectivity index (χ4n) is 2.07. The molecule has 1 aliphatic heterocycles. The Bertz CT molecular complexity index is 471. The summed E-state index contributed by atoms with van der Waals surface area (Å²) in [6.45, 7) is 0.448. The van der Waals surface area contributed by atoms with E-state index in [-0.39, 0.29) is 16.5 Å². The second-order valence-electron chi connectivity index (χ2n) is 4.21. The number of piperidine rings is 1. The number of nitrogens with zero attached hydrogens (tertiary/aromatic N) is 1. The van der Waals surface area contributed by atoms with Crippen LogP contribution >= 0.6 is 11.6 Å². The molecule has 0 saturated carbocycles. The minimum atomic E-state index is -4.46. The number of halogens is 4. The van der Waals surface area contributed by atoms with E-state index in [9.17, 15) is 13.2 Å². The maximum Gasteiger partial charge on any atom is 0.418 e. The van der Waals surface area contributed by atoms with Gasteiger partial charge < -0.3 is 4.90 Å². The molecule has 0 atom stereocenters. The van der Waals surface area contributed by atoms with Crippen molar-refractivity contribution in [1.82, 2.24) is 0 Å². The Morgan fingerprint density at radius 1 is 1.22 bits per heavy atom. The van der Waals surface area contributed by atoms with Crippen molar-refractivity contribution in [3.8, 4) is 0 Å². The predicted octanol–water partition coefficient (Wildman–Crippen LogP) is 4.33. The lowest BCUT2D eigenvalue weighted by Crippen LogP contribution is -2.36. The first-order chi connectivity index (χ1) is 8.39. The first kappa shape index (κ1) is 13.2. The highest BCUT2D eigenvalue weighted by Gasteiger charge is 2.36. The number of hydrogen-bond acceptors (Lipinski definition) is 1. The smallest absolute Gasteiger partial charge is 0.330 e. The fraction of sp³-hybridized carbons (Fsp3) is 0.417. The van der Waals surface area contributed by atoms with E-state index in [2.05, 4.69) is 0 Å². The van der Waals surface area contributed by atoms with Crippen LogP contribution in [0, 0.1) is 5.41 Å². The fourth-order valence-corrected chi connectivity index (χ4v) is 2.24. The molecule has 1 heterocycles. The van der Waals surface area contributed by atoms with Crippen LogP contribution in [0.15, 0.2) is 18.2 Å². The van der Waals surface area contributed by atoms with Gasteiger partial charge in [0, 0.05) is 18.0 Å². The molecule has 1 aromatic rings. The van der Waals surface area contributed by atoms with Crippen LogP contribution in [0.5, 0.6) is 0 Å². The van der Waals surface area contributed by atoms with Crippen molar-refractivity contribution >= 4 is 23.1 Å². The summed E-state index contributed by atoms with van der Waals surface area (Å²) in [5.74, 6) is 0.231. The lowest BCUT2D eigenvalue weighted by atomic mass is 10.1. The molecule has 18 heavy (non-hydrogen) atoms. The molecule has 0 amide bonds. The zero-order valence-corrected chi connectivity index (χ0v) is 10.3. The summed E-state index contributed by atoms with van der Waals surface area (Å²) in [7, 11) is 0. The molecular weight excluding hydrogens is 265 g/mol. The topological polar surface area (TPSA) is 27.1 Å². The molecule has 0 spiro atoms. The quantitative estimate of drug-likeness (QED) is 0.812. The van der Waals surface area contributed by atoms with Crippen LogP contribution in [-0.2, 0) is 6.18 Å². The average molecular weight is 277 g/mol. The maximum atomic E-state index is 13.0. The summed E-state index contributed by atoms with van der Waals surface area (Å²) < 4.78 is 38.9. The molecule has 1 N–H and O–H groups in total. The summed E-state index contributed by atoms with van der Waals surface area (Å²) >= 11 is 5.63. The molecule has 6 heteroatoms. The lowest BCUT2D eigenvalue weighted by Gasteiger charge is -2.31. The van der Waals surface area contributed by atoms with Crippen LogP contribution < -0.4 is 4.90 Å². The van der Waals surface area contributed by atoms with Crippen LogP contribution in [0.1, 0.15) is 24.8 Å². The van der Waals surface area contributed by atoms with Gasteiger partial charge in [0.05, 0.1) is 11.3 Å². The largest absolute Gasteiger partial charge is 0.418 e. The van der Waals surface area contributed by atoms with E-state index in [0.29, 0.717) is 13.0 Å². The zero-order chi connectivity index (χ0) is 13.3. The third-order valence-corrected chi connectivity index (χ3v) is 3.16. The van der Waals surface area contributed by atoms with E-state index in [1.54, 1.807) is 0 Å². The summed E-state index contributed by atoms with van der Waals surface area (Å²) in [5, 5.41) is 7.81. The van der Waals surface area contributed by atoms with Gasteiger partial charge in [-0.25, -0.2) is 0 Å². The van der Waals surface area contributed by atoms with Gasteiger partial charge >= 0.3 is 6.18 Å². The first-order valence-electron chi connectivity index (χ1n) is 5.61. The molecule has 0 aromatic heterocycles. The number of amidine groups is 1. The summed E-state index contributed by atoms with van der Waals surface area (Å²) in [6.07, 6.45) is -2.30. The predicted molar refractivity (Wildman–Crippen MR) is 65.4 cm³/mol. The zero-order valence-electron chi connectivity index (χ0n) is 9.52. The molecule has 0 unspecified atom stereocenters. The number of nitrogens with one attached hydrogen (secondary N) is 1. The molecule has 1 aliphatic rings. The first-order valence-corrected chi connectivity index (χ1v) is 5.99. The molecule has 0 radical (unpaired) electrons. The molecule has 1 fully saturated rings. The Balaban J connectivity index is 2.46. The van der Waals surface area contributed by atoms with Crippen molar-refractivity contribution in [2.45, 2.75) is 25.4 Å². The Morgan fingerprint density at radius 2 is 1.94 bits per heavy atom. The van der Waals surface area contributed by atoms with E-state index in [1.165, 1.54) is 17.0 Å². The van der Waals surface area contributed by atoms with Gasteiger partial charge in [0.2, 0.25) is 0 Å². The molecule has 98 valence electrons. The normalized spacial score (nSPS) is 17.1. The number of rotatable bonds is 1. The lowest BCUT2D eigenvalue weighted by molar-refractivity contribution is -0.137. The molecule has 2 rings (SSSR count). The highest BCUT2D eigenvalue weighted by molar-refractivity contribution is 6.30. The van der Waals surface area contributed by atoms with E-state index in [1.807, 2.05) is 0 Å².